The summed E-state index contributed by atoms with van der Waals surface area (Å²) in [6, 6.07) is 12.4. The minimum Gasteiger partial charge on any atom is -0.419 e. The second-order valence-corrected chi connectivity index (χ2v) is 10.7. The van der Waals surface area contributed by atoms with Gasteiger partial charge in [0, 0.05) is 13.0 Å². The molecular weight excluding hydrogens is 462 g/mol. The summed E-state index contributed by atoms with van der Waals surface area (Å²) in [6.45, 7) is 2.52. The van der Waals surface area contributed by atoms with E-state index in [0.29, 0.717) is 22.0 Å². The molecule has 0 bridgehead atoms. The maximum absolute atomic E-state index is 12.9. The molecule has 1 aliphatic carbocycles. The monoisotopic (exact) mass is 487 g/mol. The van der Waals surface area contributed by atoms with Crippen LogP contribution in [-0.4, -0.2) is 41.7 Å². The predicted molar refractivity (Wildman–Crippen MR) is 126 cm³/mol. The Balaban J connectivity index is 1.42. The van der Waals surface area contributed by atoms with Crippen LogP contribution in [-0.2, 0) is 34.0 Å². The molecule has 1 amide bonds. The van der Waals surface area contributed by atoms with Gasteiger partial charge in [-0.1, -0.05) is 36.7 Å². The fraction of sp³-hybridized carbons (Fsp3) is 0.375. The van der Waals surface area contributed by atoms with Gasteiger partial charge in [0.2, 0.25) is 17.7 Å². The number of halogens is 1. The van der Waals surface area contributed by atoms with Crippen molar-refractivity contribution in [2.75, 3.05) is 12.3 Å². The highest BCUT2D eigenvalue weighted by molar-refractivity contribution is 7.91. The highest BCUT2D eigenvalue weighted by Crippen LogP contribution is 2.27. The lowest BCUT2D eigenvalue weighted by molar-refractivity contribution is -0.131. The van der Waals surface area contributed by atoms with Crippen LogP contribution in [0.2, 0.25) is 5.02 Å². The summed E-state index contributed by atoms with van der Waals surface area (Å²) < 4.78 is 31.4. The number of amides is 1. The van der Waals surface area contributed by atoms with Crippen molar-refractivity contribution in [1.29, 1.82) is 0 Å². The summed E-state index contributed by atoms with van der Waals surface area (Å²) in [7, 11) is -3.55. The molecule has 0 saturated heterocycles. The molecule has 3 aromatic rings. The predicted octanol–water partition coefficient (Wildman–Crippen LogP) is 4.48. The van der Waals surface area contributed by atoms with Crippen LogP contribution in [0, 0.1) is 0 Å². The van der Waals surface area contributed by atoms with Gasteiger partial charge in [-0.25, -0.2) is 8.42 Å². The van der Waals surface area contributed by atoms with Crippen molar-refractivity contribution in [2.45, 2.75) is 50.5 Å². The van der Waals surface area contributed by atoms with E-state index in [4.69, 9.17) is 16.0 Å². The van der Waals surface area contributed by atoms with Crippen LogP contribution in [0.4, 0.5) is 0 Å². The standard InChI is InChI=1S/C24H26ClN3O4S/c1-2-13-28(16-22-26-27-24(32-22)20-8-3-4-9-21(20)25)23(29)12-14-33(30,31)19-11-10-17-6-5-7-18(17)15-19/h3-4,8-11,15H,2,5-7,12-14,16H2,1H3. The number of hydrogen-bond donors (Lipinski definition) is 0. The van der Waals surface area contributed by atoms with Crippen molar-refractivity contribution in [1.82, 2.24) is 15.1 Å². The largest absolute Gasteiger partial charge is 0.419 e. The third-order valence-electron chi connectivity index (χ3n) is 5.76. The molecule has 0 fully saturated rings. The number of fused-ring (bicyclic) bond motifs is 1. The Morgan fingerprint density at radius 3 is 2.70 bits per heavy atom. The van der Waals surface area contributed by atoms with Crippen LogP contribution in [0.15, 0.2) is 51.8 Å². The minimum absolute atomic E-state index is 0.106. The van der Waals surface area contributed by atoms with E-state index in [1.54, 1.807) is 29.2 Å². The number of hydrogen-bond acceptors (Lipinski definition) is 6. The number of sulfone groups is 1. The summed E-state index contributed by atoms with van der Waals surface area (Å²) in [4.78, 5) is 14.7. The van der Waals surface area contributed by atoms with E-state index >= 15 is 0 Å². The summed E-state index contributed by atoms with van der Waals surface area (Å²) in [5.41, 5.74) is 2.93. The Hall–Kier alpha value is -2.71. The fourth-order valence-corrected chi connectivity index (χ4v) is 5.52. The SMILES string of the molecule is CCCN(Cc1nnc(-c2ccccc2Cl)o1)C(=O)CCS(=O)(=O)c1ccc2c(c1)CCC2. The molecule has 174 valence electrons. The van der Waals surface area contributed by atoms with Crippen molar-refractivity contribution >= 4 is 27.3 Å². The normalized spacial score (nSPS) is 13.2. The summed E-state index contributed by atoms with van der Waals surface area (Å²) in [5, 5.41) is 8.57. The molecule has 0 aliphatic heterocycles. The molecule has 0 N–H and O–H groups in total. The molecule has 1 aliphatic rings. The molecule has 0 atom stereocenters. The van der Waals surface area contributed by atoms with Gasteiger partial charge >= 0.3 is 0 Å². The van der Waals surface area contributed by atoms with Gasteiger partial charge in [0.1, 0.15) is 0 Å². The minimum atomic E-state index is -3.55. The lowest BCUT2D eigenvalue weighted by atomic mass is 10.1. The van der Waals surface area contributed by atoms with Crippen LogP contribution in [0.3, 0.4) is 0 Å². The second-order valence-electron chi connectivity index (χ2n) is 8.15. The van der Waals surface area contributed by atoms with Gasteiger partial charge in [0.05, 0.1) is 27.8 Å². The average Bonchev–Trinajstić information content (AvgIpc) is 3.46. The van der Waals surface area contributed by atoms with Gasteiger partial charge in [-0.3, -0.25) is 4.79 Å². The van der Waals surface area contributed by atoms with E-state index in [2.05, 4.69) is 10.2 Å². The van der Waals surface area contributed by atoms with Gasteiger partial charge in [-0.2, -0.15) is 0 Å². The number of carbonyl (C=O) groups is 1. The summed E-state index contributed by atoms with van der Waals surface area (Å²) >= 11 is 6.19. The molecule has 1 aromatic heterocycles. The molecule has 2 aromatic carbocycles. The quantitative estimate of drug-likeness (QED) is 0.441. The van der Waals surface area contributed by atoms with Crippen LogP contribution in [0.25, 0.3) is 11.5 Å². The first kappa shape index (κ1) is 23.4. The Morgan fingerprint density at radius 1 is 1.12 bits per heavy atom. The van der Waals surface area contributed by atoms with Crippen molar-refractivity contribution in [2.24, 2.45) is 0 Å². The smallest absolute Gasteiger partial charge is 0.249 e. The molecular formula is C24H26ClN3O4S. The second kappa shape index (κ2) is 10.1. The Morgan fingerprint density at radius 2 is 1.91 bits per heavy atom. The van der Waals surface area contributed by atoms with Gasteiger partial charge in [0.25, 0.3) is 0 Å². The number of nitrogens with zero attached hydrogens (tertiary/aromatic N) is 3. The number of aromatic nitrogens is 2. The van der Waals surface area contributed by atoms with Gasteiger partial charge in [-0.05, 0) is 61.1 Å². The first-order chi connectivity index (χ1) is 15.9. The third-order valence-corrected chi connectivity index (χ3v) is 7.80. The van der Waals surface area contributed by atoms with Crippen molar-refractivity contribution in [3.05, 3.63) is 64.5 Å². The fourth-order valence-electron chi connectivity index (χ4n) is 4.03. The topological polar surface area (TPSA) is 93.4 Å². The first-order valence-electron chi connectivity index (χ1n) is 11.1. The van der Waals surface area contributed by atoms with E-state index in [1.165, 1.54) is 5.56 Å². The van der Waals surface area contributed by atoms with Crippen molar-refractivity contribution in [3.8, 4) is 11.5 Å². The lowest BCUT2D eigenvalue weighted by Gasteiger charge is -2.20. The maximum atomic E-state index is 12.9. The van der Waals surface area contributed by atoms with Crippen LogP contribution in [0.1, 0.15) is 43.2 Å². The highest BCUT2D eigenvalue weighted by atomic mass is 35.5. The molecule has 9 heteroatoms. The molecule has 0 unspecified atom stereocenters. The molecule has 1 heterocycles. The number of benzene rings is 2. The van der Waals surface area contributed by atoms with Gasteiger partial charge < -0.3 is 9.32 Å². The zero-order valence-electron chi connectivity index (χ0n) is 18.5. The van der Waals surface area contributed by atoms with E-state index < -0.39 is 9.84 Å². The number of carbonyl (C=O) groups excluding carboxylic acids is 1. The summed E-state index contributed by atoms with van der Waals surface area (Å²) in [5.74, 6) is 0.0467. The Kier molecular flexibility index (Phi) is 7.14. The molecule has 0 radical (unpaired) electrons. The highest BCUT2D eigenvalue weighted by Gasteiger charge is 2.23. The van der Waals surface area contributed by atoms with Crippen molar-refractivity contribution < 1.29 is 17.6 Å². The number of aryl methyl sites for hydroxylation is 2. The Labute approximate surface area is 198 Å². The zero-order chi connectivity index (χ0) is 23.4. The average molecular weight is 488 g/mol. The summed E-state index contributed by atoms with van der Waals surface area (Å²) in [6.07, 6.45) is 3.56. The first-order valence-corrected chi connectivity index (χ1v) is 13.1. The van der Waals surface area contributed by atoms with Gasteiger partial charge in [0.15, 0.2) is 9.84 Å². The molecule has 4 rings (SSSR count). The van der Waals surface area contributed by atoms with E-state index in [0.717, 1.165) is 31.2 Å². The van der Waals surface area contributed by atoms with Gasteiger partial charge in [-0.15, -0.1) is 10.2 Å². The van der Waals surface area contributed by atoms with Crippen molar-refractivity contribution in [3.63, 3.8) is 0 Å². The molecule has 0 saturated carbocycles. The Bertz CT molecular complexity index is 1260. The third kappa shape index (κ3) is 5.45. The molecule has 33 heavy (non-hydrogen) atoms. The van der Waals surface area contributed by atoms with E-state index in [9.17, 15) is 13.2 Å². The maximum Gasteiger partial charge on any atom is 0.249 e. The van der Waals surface area contributed by atoms with Crippen LogP contribution >= 0.6 is 11.6 Å². The number of rotatable bonds is 9. The van der Waals surface area contributed by atoms with E-state index in [1.807, 2.05) is 25.1 Å². The van der Waals surface area contributed by atoms with Crippen LogP contribution in [0.5, 0.6) is 0 Å². The molecule has 0 spiro atoms. The van der Waals surface area contributed by atoms with E-state index in [-0.39, 0.29) is 36.4 Å². The molecule has 7 nitrogen and oxygen atoms in total. The zero-order valence-corrected chi connectivity index (χ0v) is 20.0. The van der Waals surface area contributed by atoms with Crippen LogP contribution < -0.4 is 0 Å². The lowest BCUT2D eigenvalue weighted by Crippen LogP contribution is -2.32.